The molecule has 0 heterocycles. The third kappa shape index (κ3) is 2.25. The molecule has 0 atom stereocenters. The summed E-state index contributed by atoms with van der Waals surface area (Å²) in [5.74, 6) is -1.97. The lowest BCUT2D eigenvalue weighted by Gasteiger charge is -2.06. The largest absolute Gasteiger partial charge is 0.288 e. The monoisotopic (exact) mass is 246 g/mol. The van der Waals surface area contributed by atoms with Gasteiger partial charge in [-0.05, 0) is 12.1 Å². The van der Waals surface area contributed by atoms with Crippen molar-refractivity contribution < 1.29 is 20.0 Å². The Morgan fingerprint density at radius 2 is 1.28 bits per heavy atom. The van der Waals surface area contributed by atoms with Crippen LogP contribution in [0.5, 0.6) is 0 Å². The summed E-state index contributed by atoms with van der Waals surface area (Å²) in [7, 11) is 0. The van der Waals surface area contributed by atoms with Gasteiger partial charge in [0, 0.05) is 0 Å². The van der Waals surface area contributed by atoms with Gasteiger partial charge in [-0.3, -0.25) is 20.0 Å². The zero-order chi connectivity index (χ0) is 13.7. The van der Waals surface area contributed by atoms with Gasteiger partial charge in [-0.25, -0.2) is 11.0 Å². The molecule has 8 nitrogen and oxygen atoms in total. The molecule has 0 saturated carbocycles. The molecule has 0 radical (unpaired) electrons. The first-order valence-electron chi connectivity index (χ1n) is 4.46. The summed E-state index contributed by atoms with van der Waals surface area (Å²) in [6.45, 7) is 0. The SMILES string of the molecule is N#Cc1cc(C(=O)NO)c(C#N)cc1C(=O)NO. The minimum absolute atomic E-state index is 0.223. The van der Waals surface area contributed by atoms with E-state index in [0.29, 0.717) is 0 Å². The Morgan fingerprint density at radius 3 is 1.50 bits per heavy atom. The van der Waals surface area contributed by atoms with Crippen molar-refractivity contribution in [1.29, 1.82) is 10.5 Å². The molecule has 0 bridgehead atoms. The van der Waals surface area contributed by atoms with Crippen LogP contribution in [0.15, 0.2) is 12.1 Å². The zero-order valence-electron chi connectivity index (χ0n) is 8.76. The average Bonchev–Trinajstić information content (AvgIpc) is 2.43. The molecule has 0 aliphatic rings. The summed E-state index contributed by atoms with van der Waals surface area (Å²) in [6, 6.07) is 5.21. The van der Waals surface area contributed by atoms with E-state index < -0.39 is 11.8 Å². The van der Waals surface area contributed by atoms with E-state index in [-0.39, 0.29) is 22.3 Å². The molecule has 0 fully saturated rings. The Balaban J connectivity index is 3.54. The van der Waals surface area contributed by atoms with E-state index in [1.165, 1.54) is 11.0 Å². The molecule has 1 aromatic rings. The van der Waals surface area contributed by atoms with Gasteiger partial charge in [-0.1, -0.05) is 0 Å². The highest BCUT2D eigenvalue weighted by Crippen LogP contribution is 2.16. The summed E-state index contributed by atoms with van der Waals surface area (Å²) in [5, 5.41) is 34.6. The molecule has 0 aliphatic heterocycles. The number of carbonyl (C=O) groups excluding carboxylic acids is 2. The van der Waals surface area contributed by atoms with Crippen molar-refractivity contribution in [1.82, 2.24) is 11.0 Å². The average molecular weight is 246 g/mol. The highest BCUT2D eigenvalue weighted by Gasteiger charge is 2.18. The van der Waals surface area contributed by atoms with Crippen LogP contribution in [-0.2, 0) is 0 Å². The molecule has 18 heavy (non-hydrogen) atoms. The predicted molar refractivity (Wildman–Crippen MR) is 54.4 cm³/mol. The van der Waals surface area contributed by atoms with Crippen molar-refractivity contribution in [2.45, 2.75) is 0 Å². The van der Waals surface area contributed by atoms with E-state index in [9.17, 15) is 9.59 Å². The van der Waals surface area contributed by atoms with Crippen LogP contribution in [0.4, 0.5) is 0 Å². The first kappa shape index (κ1) is 13.1. The lowest BCUT2D eigenvalue weighted by atomic mass is 9.98. The fourth-order valence-electron chi connectivity index (χ4n) is 1.28. The molecular weight excluding hydrogens is 240 g/mol. The highest BCUT2D eigenvalue weighted by molar-refractivity contribution is 6.01. The van der Waals surface area contributed by atoms with E-state index in [0.717, 1.165) is 12.1 Å². The number of nitrogens with zero attached hydrogens (tertiary/aromatic N) is 2. The van der Waals surface area contributed by atoms with Gasteiger partial charge in [0.2, 0.25) is 0 Å². The van der Waals surface area contributed by atoms with Crippen LogP contribution in [0.25, 0.3) is 0 Å². The lowest BCUT2D eigenvalue weighted by Crippen LogP contribution is -2.23. The second kappa shape index (κ2) is 5.41. The number of amides is 2. The van der Waals surface area contributed by atoms with Crippen LogP contribution in [0, 0.1) is 22.7 Å². The third-order valence-corrected chi connectivity index (χ3v) is 2.09. The normalized spacial score (nSPS) is 8.89. The summed E-state index contributed by atoms with van der Waals surface area (Å²) in [5.41, 5.74) is 1.68. The van der Waals surface area contributed by atoms with Crippen LogP contribution in [0.3, 0.4) is 0 Å². The number of hydrogen-bond acceptors (Lipinski definition) is 6. The van der Waals surface area contributed by atoms with Crippen molar-refractivity contribution in [2.24, 2.45) is 0 Å². The topological polar surface area (TPSA) is 146 Å². The zero-order valence-corrected chi connectivity index (χ0v) is 8.76. The molecule has 8 heteroatoms. The summed E-state index contributed by atoms with van der Waals surface area (Å²) in [4.78, 5) is 22.5. The molecule has 2 amide bonds. The number of benzene rings is 1. The first-order valence-corrected chi connectivity index (χ1v) is 4.46. The minimum Gasteiger partial charge on any atom is -0.288 e. The van der Waals surface area contributed by atoms with E-state index in [1.54, 1.807) is 12.1 Å². The Bertz CT molecular complexity index is 543. The molecule has 90 valence electrons. The number of hydrogen-bond donors (Lipinski definition) is 4. The van der Waals surface area contributed by atoms with Crippen molar-refractivity contribution in [3.8, 4) is 12.1 Å². The standard InChI is InChI=1S/C10H6N4O4/c11-3-5-1-7(9(15)13-17)6(4-12)2-8(5)10(16)14-18/h1-2,17-18H,(H,13,15)(H,14,16). The molecule has 1 rings (SSSR count). The van der Waals surface area contributed by atoms with E-state index in [2.05, 4.69) is 0 Å². The highest BCUT2D eigenvalue weighted by atomic mass is 16.5. The van der Waals surface area contributed by atoms with Gasteiger partial charge < -0.3 is 0 Å². The second-order valence-electron chi connectivity index (χ2n) is 3.05. The van der Waals surface area contributed by atoms with Crippen LogP contribution >= 0.6 is 0 Å². The van der Waals surface area contributed by atoms with Crippen molar-refractivity contribution in [2.75, 3.05) is 0 Å². The summed E-state index contributed by atoms with van der Waals surface area (Å²) in [6.07, 6.45) is 0. The van der Waals surface area contributed by atoms with E-state index in [4.69, 9.17) is 20.9 Å². The maximum Gasteiger partial charge on any atom is 0.276 e. The van der Waals surface area contributed by atoms with Gasteiger partial charge >= 0.3 is 0 Å². The number of carbonyl (C=O) groups is 2. The third-order valence-electron chi connectivity index (χ3n) is 2.09. The lowest BCUT2D eigenvalue weighted by molar-refractivity contribution is 0.0697. The van der Waals surface area contributed by atoms with E-state index >= 15 is 0 Å². The van der Waals surface area contributed by atoms with E-state index in [1.807, 2.05) is 0 Å². The molecular formula is C10H6N4O4. The molecule has 0 saturated heterocycles. The maximum atomic E-state index is 11.2. The molecule has 0 unspecified atom stereocenters. The molecule has 0 spiro atoms. The number of nitriles is 2. The Hall–Kier alpha value is -2.94. The van der Waals surface area contributed by atoms with Gasteiger partial charge in [0.15, 0.2) is 0 Å². The Morgan fingerprint density at radius 1 is 0.944 bits per heavy atom. The minimum atomic E-state index is -0.987. The van der Waals surface area contributed by atoms with Crippen molar-refractivity contribution in [3.63, 3.8) is 0 Å². The molecule has 0 aromatic heterocycles. The Kier molecular flexibility index (Phi) is 3.94. The van der Waals surface area contributed by atoms with Crippen LogP contribution in [0.2, 0.25) is 0 Å². The summed E-state index contributed by atoms with van der Waals surface area (Å²) < 4.78 is 0. The predicted octanol–water partition coefficient (Wildman–Crippen LogP) is -0.332. The smallest absolute Gasteiger partial charge is 0.276 e. The Labute approximate surface area is 101 Å². The fraction of sp³-hybridized carbons (Fsp3) is 0. The van der Waals surface area contributed by atoms with Gasteiger partial charge in [-0.15, -0.1) is 0 Å². The first-order chi connectivity index (χ1) is 8.58. The molecule has 1 aromatic carbocycles. The number of hydroxylamine groups is 2. The number of rotatable bonds is 2. The maximum absolute atomic E-state index is 11.2. The summed E-state index contributed by atoms with van der Waals surface area (Å²) >= 11 is 0. The van der Waals surface area contributed by atoms with Crippen LogP contribution in [-0.4, -0.2) is 22.2 Å². The fourth-order valence-corrected chi connectivity index (χ4v) is 1.28. The molecule has 0 aliphatic carbocycles. The van der Waals surface area contributed by atoms with Crippen LogP contribution in [0.1, 0.15) is 31.8 Å². The quantitative estimate of drug-likeness (QED) is 0.415. The number of nitrogens with one attached hydrogen (secondary N) is 2. The van der Waals surface area contributed by atoms with Crippen LogP contribution < -0.4 is 11.0 Å². The van der Waals surface area contributed by atoms with Gasteiger partial charge in [-0.2, -0.15) is 10.5 Å². The van der Waals surface area contributed by atoms with Gasteiger partial charge in [0.05, 0.1) is 34.4 Å². The second-order valence-corrected chi connectivity index (χ2v) is 3.05. The van der Waals surface area contributed by atoms with Gasteiger partial charge in [0.1, 0.15) is 0 Å². The van der Waals surface area contributed by atoms with Gasteiger partial charge in [0.25, 0.3) is 11.8 Å². The van der Waals surface area contributed by atoms with Crippen molar-refractivity contribution >= 4 is 11.8 Å². The molecule has 4 N–H and O–H groups in total. The van der Waals surface area contributed by atoms with Crippen molar-refractivity contribution in [3.05, 3.63) is 34.4 Å².